The third kappa shape index (κ3) is 2.33. The van der Waals surface area contributed by atoms with Crippen LogP contribution in [0.15, 0.2) is 18.6 Å². The molecule has 2 atom stereocenters. The van der Waals surface area contributed by atoms with E-state index < -0.39 is 0 Å². The number of aromatic nitrogens is 3. The zero-order valence-corrected chi connectivity index (χ0v) is 13.9. The molecular formula is C18H20N4O3. The van der Waals surface area contributed by atoms with Crippen LogP contribution in [0.1, 0.15) is 42.1 Å². The Morgan fingerprint density at radius 2 is 2.04 bits per heavy atom. The maximum absolute atomic E-state index is 12.8. The van der Waals surface area contributed by atoms with E-state index in [2.05, 4.69) is 14.5 Å². The molecule has 4 heterocycles. The maximum atomic E-state index is 12.8. The van der Waals surface area contributed by atoms with Crippen LogP contribution in [0.4, 0.5) is 0 Å². The molecule has 0 spiro atoms. The summed E-state index contributed by atoms with van der Waals surface area (Å²) in [6.07, 6.45) is 8.32. The first-order valence-corrected chi connectivity index (χ1v) is 8.99. The number of likely N-dealkylation sites (tertiary alicyclic amines) is 1. The molecule has 2 aromatic heterocycles. The predicted octanol–water partition coefficient (Wildman–Crippen LogP) is 1.79. The Hall–Kier alpha value is -2.44. The molecule has 0 unspecified atom stereocenters. The summed E-state index contributed by atoms with van der Waals surface area (Å²) in [5.41, 5.74) is 2.15. The van der Waals surface area contributed by atoms with Crippen molar-refractivity contribution >= 4 is 23.0 Å². The first-order valence-electron chi connectivity index (χ1n) is 8.99. The average molecular weight is 340 g/mol. The zero-order valence-electron chi connectivity index (χ0n) is 13.9. The van der Waals surface area contributed by atoms with Gasteiger partial charge in [0.15, 0.2) is 5.65 Å². The second-order valence-corrected chi connectivity index (χ2v) is 7.36. The maximum Gasteiger partial charge on any atom is 0.311 e. The topological polar surface area (TPSA) is 77.3 Å². The van der Waals surface area contributed by atoms with Crippen molar-refractivity contribution in [2.24, 2.45) is 11.8 Å². The van der Waals surface area contributed by atoms with Gasteiger partial charge in [0, 0.05) is 31.2 Å². The molecule has 3 fully saturated rings. The fourth-order valence-corrected chi connectivity index (χ4v) is 4.44. The summed E-state index contributed by atoms with van der Waals surface area (Å²) in [5, 5.41) is 0. The number of cyclic esters (lactones) is 1. The summed E-state index contributed by atoms with van der Waals surface area (Å²) in [4.78, 5) is 35.2. The molecule has 0 N–H and O–H groups in total. The molecule has 3 aliphatic rings. The number of pyridine rings is 1. The number of esters is 1. The van der Waals surface area contributed by atoms with Crippen molar-refractivity contribution in [2.45, 2.75) is 31.7 Å². The van der Waals surface area contributed by atoms with Crippen LogP contribution in [-0.2, 0) is 9.53 Å². The summed E-state index contributed by atoms with van der Waals surface area (Å²) < 4.78 is 7.21. The Bertz CT molecular complexity index is 855. The summed E-state index contributed by atoms with van der Waals surface area (Å²) in [5.74, 6) is -0.284. The van der Waals surface area contributed by atoms with Gasteiger partial charge in [0.2, 0.25) is 0 Å². The first-order chi connectivity index (χ1) is 12.2. The largest absolute Gasteiger partial charge is 0.465 e. The molecule has 2 aliphatic heterocycles. The lowest BCUT2D eigenvalue weighted by Crippen LogP contribution is -2.31. The fourth-order valence-electron chi connectivity index (χ4n) is 4.44. The number of hydrogen-bond donors (Lipinski definition) is 0. The molecule has 1 amide bonds. The number of hydrogen-bond acceptors (Lipinski definition) is 5. The monoisotopic (exact) mass is 340 g/mol. The minimum atomic E-state index is -0.177. The minimum Gasteiger partial charge on any atom is -0.465 e. The standard InChI is InChI=1S/C18H20N4O3/c23-17(21-7-12-9-25-18(24)14(12)8-21)11-5-15-16(19-6-11)22(10-20-15)13-3-1-2-4-13/h5-6,10,12-14H,1-4,7-9H2/t12-,14-/m1/s1. The summed E-state index contributed by atoms with van der Waals surface area (Å²) in [6, 6.07) is 2.30. The number of amides is 1. The van der Waals surface area contributed by atoms with Gasteiger partial charge in [0.25, 0.3) is 5.91 Å². The Morgan fingerprint density at radius 3 is 2.84 bits per heavy atom. The van der Waals surface area contributed by atoms with Crippen LogP contribution in [-0.4, -0.2) is 51.0 Å². The molecule has 0 radical (unpaired) electrons. The van der Waals surface area contributed by atoms with Crippen LogP contribution < -0.4 is 0 Å². The second-order valence-electron chi connectivity index (χ2n) is 7.36. The van der Waals surface area contributed by atoms with Gasteiger partial charge in [-0.2, -0.15) is 0 Å². The highest BCUT2D eigenvalue weighted by atomic mass is 16.5. The van der Waals surface area contributed by atoms with E-state index in [-0.39, 0.29) is 23.7 Å². The third-order valence-electron chi connectivity index (χ3n) is 5.85. The quantitative estimate of drug-likeness (QED) is 0.779. The van der Waals surface area contributed by atoms with Crippen molar-refractivity contribution in [3.05, 3.63) is 24.2 Å². The third-order valence-corrected chi connectivity index (χ3v) is 5.85. The van der Waals surface area contributed by atoms with E-state index >= 15 is 0 Å². The van der Waals surface area contributed by atoms with Crippen molar-refractivity contribution < 1.29 is 14.3 Å². The van der Waals surface area contributed by atoms with E-state index in [1.165, 1.54) is 25.7 Å². The zero-order chi connectivity index (χ0) is 17.0. The summed E-state index contributed by atoms with van der Waals surface area (Å²) in [7, 11) is 0. The second kappa shape index (κ2) is 5.54. The summed E-state index contributed by atoms with van der Waals surface area (Å²) in [6.45, 7) is 1.44. The van der Waals surface area contributed by atoms with Crippen molar-refractivity contribution in [3.8, 4) is 0 Å². The summed E-state index contributed by atoms with van der Waals surface area (Å²) >= 11 is 0. The van der Waals surface area contributed by atoms with Crippen LogP contribution in [0.2, 0.25) is 0 Å². The molecule has 130 valence electrons. The van der Waals surface area contributed by atoms with Crippen molar-refractivity contribution in [3.63, 3.8) is 0 Å². The molecular weight excluding hydrogens is 320 g/mol. The first kappa shape index (κ1) is 14.9. The number of imidazole rings is 1. The van der Waals surface area contributed by atoms with Crippen molar-refractivity contribution in [1.82, 2.24) is 19.4 Å². The lowest BCUT2D eigenvalue weighted by atomic mass is 10.0. The molecule has 2 aromatic rings. The van der Waals surface area contributed by atoms with E-state index in [0.717, 1.165) is 11.2 Å². The number of fused-ring (bicyclic) bond motifs is 2. The normalized spacial score (nSPS) is 26.4. The van der Waals surface area contributed by atoms with E-state index in [1.807, 2.05) is 12.4 Å². The van der Waals surface area contributed by atoms with Gasteiger partial charge in [0.1, 0.15) is 5.52 Å². The molecule has 25 heavy (non-hydrogen) atoms. The molecule has 1 saturated carbocycles. The molecule has 1 aliphatic carbocycles. The highest BCUT2D eigenvalue weighted by Gasteiger charge is 2.45. The lowest BCUT2D eigenvalue weighted by molar-refractivity contribution is -0.141. The van der Waals surface area contributed by atoms with E-state index in [1.54, 1.807) is 11.1 Å². The van der Waals surface area contributed by atoms with E-state index in [4.69, 9.17) is 4.74 Å². The van der Waals surface area contributed by atoms with E-state index in [9.17, 15) is 9.59 Å². The van der Waals surface area contributed by atoms with Gasteiger partial charge in [-0.15, -0.1) is 0 Å². The molecule has 2 saturated heterocycles. The SMILES string of the molecule is O=C1OC[C@H]2CN(C(=O)c3cnc4c(c3)ncn4C3CCCC3)C[C@@H]12. The van der Waals surface area contributed by atoms with Crippen LogP contribution in [0, 0.1) is 11.8 Å². The van der Waals surface area contributed by atoms with Gasteiger partial charge in [-0.05, 0) is 18.9 Å². The molecule has 0 aromatic carbocycles. The highest BCUT2D eigenvalue weighted by molar-refractivity contribution is 5.97. The van der Waals surface area contributed by atoms with Gasteiger partial charge in [0.05, 0.1) is 24.4 Å². The van der Waals surface area contributed by atoms with Gasteiger partial charge in [-0.25, -0.2) is 9.97 Å². The molecule has 7 heteroatoms. The average Bonchev–Trinajstić information content (AvgIpc) is 3.39. The lowest BCUT2D eigenvalue weighted by Gasteiger charge is -2.17. The number of ether oxygens (including phenoxy) is 1. The highest BCUT2D eigenvalue weighted by Crippen LogP contribution is 2.33. The minimum absolute atomic E-state index is 0.0768. The predicted molar refractivity (Wildman–Crippen MR) is 88.9 cm³/mol. The van der Waals surface area contributed by atoms with Crippen LogP contribution in [0.25, 0.3) is 11.2 Å². The van der Waals surface area contributed by atoms with Crippen LogP contribution in [0.5, 0.6) is 0 Å². The van der Waals surface area contributed by atoms with Gasteiger partial charge < -0.3 is 14.2 Å². The molecule has 0 bridgehead atoms. The molecule has 5 rings (SSSR count). The Balaban J connectivity index is 1.40. The number of carbonyl (C=O) groups is 2. The van der Waals surface area contributed by atoms with Gasteiger partial charge >= 0.3 is 5.97 Å². The van der Waals surface area contributed by atoms with Crippen molar-refractivity contribution in [1.29, 1.82) is 0 Å². The van der Waals surface area contributed by atoms with E-state index in [0.29, 0.717) is 31.3 Å². The number of nitrogens with zero attached hydrogens (tertiary/aromatic N) is 4. The smallest absolute Gasteiger partial charge is 0.311 e. The van der Waals surface area contributed by atoms with Crippen LogP contribution >= 0.6 is 0 Å². The van der Waals surface area contributed by atoms with Crippen molar-refractivity contribution in [2.75, 3.05) is 19.7 Å². The van der Waals surface area contributed by atoms with Crippen LogP contribution in [0.3, 0.4) is 0 Å². The van der Waals surface area contributed by atoms with Gasteiger partial charge in [-0.1, -0.05) is 12.8 Å². The van der Waals surface area contributed by atoms with Gasteiger partial charge in [-0.3, -0.25) is 9.59 Å². The fraction of sp³-hybridized carbons (Fsp3) is 0.556. The Kier molecular flexibility index (Phi) is 3.29. The Morgan fingerprint density at radius 1 is 1.20 bits per heavy atom. The Labute approximate surface area is 145 Å². The number of carbonyl (C=O) groups excluding carboxylic acids is 2. The molecule has 7 nitrogen and oxygen atoms in total. The number of rotatable bonds is 2.